The Balaban J connectivity index is 1.33. The zero-order chi connectivity index (χ0) is 36.9. The molecule has 270 valence electrons. The van der Waals surface area contributed by atoms with Crippen molar-refractivity contribution in [1.82, 2.24) is 9.80 Å². The molecule has 0 saturated carbocycles. The Hall–Kier alpha value is -4.87. The highest BCUT2D eigenvalue weighted by Crippen LogP contribution is 2.36. The fraction of sp³-hybridized carbons (Fsp3) is 0.350. The molecular weight excluding hydrogens is 659 g/mol. The van der Waals surface area contributed by atoms with Gasteiger partial charge in [0.1, 0.15) is 17.6 Å². The molecule has 4 aromatic rings. The van der Waals surface area contributed by atoms with E-state index in [9.17, 15) is 27.9 Å². The van der Waals surface area contributed by atoms with Gasteiger partial charge in [-0.05, 0) is 87.0 Å². The number of hydrogen-bond acceptors (Lipinski definition) is 6. The summed E-state index contributed by atoms with van der Waals surface area (Å²) in [5.41, 5.74) is 3.41. The lowest BCUT2D eigenvalue weighted by molar-refractivity contribution is -0.137. The van der Waals surface area contributed by atoms with Crippen LogP contribution in [0, 0.1) is 19.8 Å². The van der Waals surface area contributed by atoms with Gasteiger partial charge in [0.15, 0.2) is 5.75 Å². The van der Waals surface area contributed by atoms with E-state index in [1.807, 2.05) is 64.2 Å². The second-order valence-corrected chi connectivity index (χ2v) is 13.4. The normalized spacial score (nSPS) is 16.9. The zero-order valence-corrected chi connectivity index (χ0v) is 29.5. The van der Waals surface area contributed by atoms with Crippen LogP contribution in [0.1, 0.15) is 52.0 Å². The third-order valence-corrected chi connectivity index (χ3v) is 9.04. The fourth-order valence-electron chi connectivity index (χ4n) is 6.14. The maximum absolute atomic E-state index is 13.8. The molecule has 2 amide bonds. The summed E-state index contributed by atoms with van der Waals surface area (Å²) in [5.74, 6) is 0.761. The number of para-hydroxylation sites is 1. The Kier molecular flexibility index (Phi) is 11.7. The van der Waals surface area contributed by atoms with Crippen LogP contribution < -0.4 is 14.8 Å². The number of ether oxygens (including phenoxy) is 2. The first kappa shape index (κ1) is 37.4. The van der Waals surface area contributed by atoms with Crippen LogP contribution in [0.2, 0.25) is 0 Å². The molecule has 5 rings (SSSR count). The van der Waals surface area contributed by atoms with Crippen LogP contribution in [0.3, 0.4) is 0 Å². The Bertz CT molecular complexity index is 1830. The molecule has 4 aromatic carbocycles. The lowest BCUT2D eigenvalue weighted by Crippen LogP contribution is -2.49. The van der Waals surface area contributed by atoms with E-state index in [1.54, 1.807) is 30.0 Å². The molecule has 0 bridgehead atoms. The van der Waals surface area contributed by atoms with Crippen LogP contribution in [0.15, 0.2) is 84.9 Å². The summed E-state index contributed by atoms with van der Waals surface area (Å²) in [7, 11) is 1.98. The summed E-state index contributed by atoms with van der Waals surface area (Å²) >= 11 is 0. The first-order valence-electron chi connectivity index (χ1n) is 16.9. The molecule has 0 fully saturated rings. The number of alkyl halides is 3. The van der Waals surface area contributed by atoms with E-state index in [1.165, 1.54) is 17.7 Å². The summed E-state index contributed by atoms with van der Waals surface area (Å²) < 4.78 is 51.8. The van der Waals surface area contributed by atoms with Gasteiger partial charge >= 0.3 is 6.18 Å². The lowest BCUT2D eigenvalue weighted by Gasteiger charge is -2.38. The molecule has 8 nitrogen and oxygen atoms in total. The number of aryl methyl sites for hydroxylation is 2. The second-order valence-electron chi connectivity index (χ2n) is 13.4. The molecule has 11 heteroatoms. The van der Waals surface area contributed by atoms with E-state index >= 15 is 0 Å². The van der Waals surface area contributed by atoms with Crippen LogP contribution in [0.5, 0.6) is 17.2 Å². The third kappa shape index (κ3) is 9.47. The Morgan fingerprint density at radius 2 is 1.73 bits per heavy atom. The second kappa shape index (κ2) is 16.0. The van der Waals surface area contributed by atoms with Crippen molar-refractivity contribution in [3.05, 3.63) is 118 Å². The van der Waals surface area contributed by atoms with Crippen molar-refractivity contribution in [2.45, 2.75) is 59.0 Å². The van der Waals surface area contributed by atoms with Gasteiger partial charge in [0.05, 0.1) is 35.9 Å². The van der Waals surface area contributed by atoms with Crippen molar-refractivity contribution < 1.29 is 37.3 Å². The van der Waals surface area contributed by atoms with Crippen molar-refractivity contribution >= 4 is 17.5 Å². The van der Waals surface area contributed by atoms with Gasteiger partial charge in [-0.3, -0.25) is 14.5 Å². The number of aliphatic hydroxyl groups is 1. The highest BCUT2D eigenvalue weighted by molar-refractivity contribution is 6.02. The van der Waals surface area contributed by atoms with Crippen molar-refractivity contribution in [3.63, 3.8) is 0 Å². The molecule has 0 aliphatic carbocycles. The highest BCUT2D eigenvalue weighted by Gasteiger charge is 2.35. The quantitative estimate of drug-likeness (QED) is 0.167. The van der Waals surface area contributed by atoms with Crippen LogP contribution in [-0.2, 0) is 23.9 Å². The van der Waals surface area contributed by atoms with Crippen LogP contribution in [-0.4, -0.2) is 65.6 Å². The molecule has 0 radical (unpaired) electrons. The Morgan fingerprint density at radius 1 is 1.04 bits per heavy atom. The van der Waals surface area contributed by atoms with Crippen LogP contribution >= 0.6 is 0 Å². The number of nitrogens with one attached hydrogen (secondary N) is 1. The maximum atomic E-state index is 13.8. The molecule has 1 heterocycles. The number of halogens is 3. The summed E-state index contributed by atoms with van der Waals surface area (Å²) in [4.78, 5) is 30.7. The van der Waals surface area contributed by atoms with Gasteiger partial charge < -0.3 is 24.8 Å². The minimum Gasteiger partial charge on any atom is -0.486 e. The standard InChI is InChI=1S/C40H44F3N3O5/c1-25-9-18-35(26(2)19-25)50-32-16-12-30(13-17-32)22-45(5)23-36-27(3)21-46(28(4)24-47)39(49)33-7-6-8-34(38(33)51-36)44-37(48)20-29-10-14-31(15-11-29)40(41,42)43/h6-19,27-28,36,47H,20-24H2,1-5H3,(H,44,48)/t27-,28+,36-/m1/s1. The summed E-state index contributed by atoms with van der Waals surface area (Å²) in [5, 5.41) is 12.8. The van der Waals surface area contributed by atoms with Crippen molar-refractivity contribution in [3.8, 4) is 17.2 Å². The molecule has 3 atom stereocenters. The zero-order valence-electron chi connectivity index (χ0n) is 29.5. The molecule has 0 aromatic heterocycles. The number of hydrogen-bond donors (Lipinski definition) is 2. The number of amides is 2. The van der Waals surface area contributed by atoms with Crippen molar-refractivity contribution in [2.24, 2.45) is 5.92 Å². The lowest BCUT2D eigenvalue weighted by atomic mass is 9.98. The summed E-state index contributed by atoms with van der Waals surface area (Å²) in [6, 6.07) is 22.8. The van der Waals surface area contributed by atoms with E-state index in [0.717, 1.165) is 34.8 Å². The largest absolute Gasteiger partial charge is 0.486 e. The minimum atomic E-state index is -4.48. The fourth-order valence-corrected chi connectivity index (χ4v) is 6.14. The molecule has 0 saturated heterocycles. The number of rotatable bonds is 11. The monoisotopic (exact) mass is 703 g/mol. The Morgan fingerprint density at radius 3 is 2.37 bits per heavy atom. The number of anilines is 1. The topological polar surface area (TPSA) is 91.3 Å². The van der Waals surface area contributed by atoms with Gasteiger partial charge in [-0.2, -0.15) is 13.2 Å². The van der Waals surface area contributed by atoms with Crippen LogP contribution in [0.25, 0.3) is 0 Å². The van der Waals surface area contributed by atoms with Gasteiger partial charge in [-0.25, -0.2) is 0 Å². The first-order chi connectivity index (χ1) is 24.2. The van der Waals surface area contributed by atoms with Gasteiger partial charge in [-0.15, -0.1) is 0 Å². The Labute approximate surface area is 296 Å². The van der Waals surface area contributed by atoms with Crippen molar-refractivity contribution in [1.29, 1.82) is 0 Å². The highest BCUT2D eigenvalue weighted by atomic mass is 19.4. The molecule has 51 heavy (non-hydrogen) atoms. The number of nitrogens with zero attached hydrogens (tertiary/aromatic N) is 2. The number of carbonyl (C=O) groups excluding carboxylic acids is 2. The van der Waals surface area contributed by atoms with E-state index < -0.39 is 29.8 Å². The summed E-state index contributed by atoms with van der Waals surface area (Å²) in [6.07, 6.45) is -5.08. The average molecular weight is 704 g/mol. The van der Waals surface area contributed by atoms with E-state index in [-0.39, 0.29) is 41.9 Å². The molecule has 0 unspecified atom stereocenters. The van der Waals surface area contributed by atoms with Gasteiger partial charge in [-0.1, -0.05) is 55.0 Å². The SMILES string of the molecule is Cc1ccc(Oc2ccc(CN(C)C[C@H]3Oc4c(NC(=O)Cc5ccc(C(F)(F)F)cc5)cccc4C(=O)N([C@@H](C)CO)C[C@H]3C)cc2)c(C)c1. The predicted molar refractivity (Wildman–Crippen MR) is 190 cm³/mol. The summed E-state index contributed by atoms with van der Waals surface area (Å²) in [6.45, 7) is 9.01. The van der Waals surface area contributed by atoms with E-state index in [0.29, 0.717) is 25.2 Å². The average Bonchev–Trinajstić information content (AvgIpc) is 3.08. The van der Waals surface area contributed by atoms with Gasteiger partial charge in [0.25, 0.3) is 5.91 Å². The van der Waals surface area contributed by atoms with Crippen LogP contribution in [0.4, 0.5) is 18.9 Å². The number of benzene rings is 4. The number of aliphatic hydroxyl groups excluding tert-OH is 1. The number of likely N-dealkylation sites (N-methyl/N-ethyl adjacent to an activating group) is 1. The molecule has 0 spiro atoms. The molecule has 1 aliphatic heterocycles. The predicted octanol–water partition coefficient (Wildman–Crippen LogP) is 7.65. The maximum Gasteiger partial charge on any atom is 0.416 e. The van der Waals surface area contributed by atoms with Crippen molar-refractivity contribution in [2.75, 3.05) is 32.1 Å². The number of fused-ring (bicyclic) bond motifs is 1. The smallest absolute Gasteiger partial charge is 0.416 e. The number of carbonyl (C=O) groups is 2. The molecule has 2 N–H and O–H groups in total. The van der Waals surface area contributed by atoms with E-state index in [4.69, 9.17) is 9.47 Å². The third-order valence-electron chi connectivity index (χ3n) is 9.04. The van der Waals surface area contributed by atoms with Gasteiger partial charge in [0, 0.05) is 25.6 Å². The minimum absolute atomic E-state index is 0.164. The molecule has 1 aliphatic rings. The van der Waals surface area contributed by atoms with Gasteiger partial charge in [0.2, 0.25) is 5.91 Å². The first-order valence-corrected chi connectivity index (χ1v) is 16.9. The molecular formula is C40H44F3N3O5. The van der Waals surface area contributed by atoms with E-state index in [2.05, 4.69) is 16.3 Å².